The van der Waals surface area contributed by atoms with Crippen LogP contribution < -0.4 is 5.32 Å². The molecule has 1 fully saturated rings. The number of hydrogen-bond acceptors (Lipinski definition) is 5. The number of nitrogens with one attached hydrogen (secondary N) is 1. The van der Waals surface area contributed by atoms with Gasteiger partial charge >= 0.3 is 0 Å². The first-order chi connectivity index (χ1) is 9.61. The van der Waals surface area contributed by atoms with Crippen LogP contribution in [0.4, 0.5) is 5.69 Å². The van der Waals surface area contributed by atoms with Crippen LogP contribution in [0.5, 0.6) is 0 Å². The minimum Gasteiger partial charge on any atom is -0.383 e. The number of hydrogen-bond donors (Lipinski definition) is 1. The van der Waals surface area contributed by atoms with Crippen molar-refractivity contribution in [1.29, 1.82) is 5.26 Å². The van der Waals surface area contributed by atoms with Crippen LogP contribution in [0.3, 0.4) is 0 Å². The van der Waals surface area contributed by atoms with E-state index in [1.165, 1.54) is 10.5 Å². The SMILES string of the molecule is CCNc1cccnc1S(=O)(=O)N(CCC#N)C1CC1. The minimum atomic E-state index is -3.65. The molecule has 0 aromatic carbocycles. The number of nitrogens with zero attached hydrogens (tertiary/aromatic N) is 3. The van der Waals surface area contributed by atoms with E-state index in [1.54, 1.807) is 12.1 Å². The topological polar surface area (TPSA) is 86.1 Å². The summed E-state index contributed by atoms with van der Waals surface area (Å²) in [5, 5.41) is 11.8. The molecule has 6 nitrogen and oxygen atoms in total. The van der Waals surface area contributed by atoms with Gasteiger partial charge in [0.1, 0.15) is 0 Å². The predicted octanol–water partition coefficient (Wildman–Crippen LogP) is 1.58. The van der Waals surface area contributed by atoms with Crippen molar-refractivity contribution >= 4 is 15.7 Å². The standard InChI is InChI=1S/C13H18N4O2S/c1-2-15-12-5-3-9-16-13(12)20(18,19)17(10-4-8-14)11-6-7-11/h3,5,9,11,15H,2,4,6-7,10H2,1H3. The highest BCUT2D eigenvalue weighted by Gasteiger charge is 2.39. The van der Waals surface area contributed by atoms with E-state index in [9.17, 15) is 8.42 Å². The van der Waals surface area contributed by atoms with Crippen molar-refractivity contribution in [3.8, 4) is 6.07 Å². The van der Waals surface area contributed by atoms with E-state index in [4.69, 9.17) is 5.26 Å². The van der Waals surface area contributed by atoms with Crippen LogP contribution in [0.1, 0.15) is 26.2 Å². The Balaban J connectivity index is 2.35. The lowest BCUT2D eigenvalue weighted by atomic mass is 10.4. The normalized spacial score (nSPS) is 15.1. The summed E-state index contributed by atoms with van der Waals surface area (Å²) < 4.78 is 26.9. The Labute approximate surface area is 119 Å². The van der Waals surface area contributed by atoms with Gasteiger partial charge in [-0.1, -0.05) is 0 Å². The molecule has 0 atom stereocenters. The van der Waals surface area contributed by atoms with Gasteiger partial charge in [-0.3, -0.25) is 0 Å². The van der Waals surface area contributed by atoms with E-state index >= 15 is 0 Å². The fourth-order valence-corrected chi connectivity index (χ4v) is 3.82. The van der Waals surface area contributed by atoms with Crippen LogP contribution in [0.2, 0.25) is 0 Å². The lowest BCUT2D eigenvalue weighted by Crippen LogP contribution is -2.35. The molecule has 1 saturated carbocycles. The van der Waals surface area contributed by atoms with Crippen LogP contribution in [0.15, 0.2) is 23.4 Å². The fraction of sp³-hybridized carbons (Fsp3) is 0.538. The number of aromatic nitrogens is 1. The second-order valence-electron chi connectivity index (χ2n) is 4.64. The maximum atomic E-state index is 12.7. The summed E-state index contributed by atoms with van der Waals surface area (Å²) in [6.45, 7) is 2.75. The molecular formula is C13H18N4O2S. The molecule has 108 valence electrons. The number of nitriles is 1. The van der Waals surface area contributed by atoms with Gasteiger partial charge in [0, 0.05) is 31.7 Å². The monoisotopic (exact) mass is 294 g/mol. The van der Waals surface area contributed by atoms with Gasteiger partial charge in [0.2, 0.25) is 0 Å². The van der Waals surface area contributed by atoms with Gasteiger partial charge < -0.3 is 5.32 Å². The van der Waals surface area contributed by atoms with Crippen molar-refractivity contribution in [3.05, 3.63) is 18.3 Å². The Morgan fingerprint density at radius 2 is 2.30 bits per heavy atom. The molecule has 1 aliphatic carbocycles. The summed E-state index contributed by atoms with van der Waals surface area (Å²) in [5.74, 6) is 0. The Bertz CT molecular complexity index is 605. The molecule has 20 heavy (non-hydrogen) atoms. The first-order valence-electron chi connectivity index (χ1n) is 6.69. The van der Waals surface area contributed by atoms with E-state index < -0.39 is 10.0 Å². The van der Waals surface area contributed by atoms with E-state index in [0.717, 1.165) is 12.8 Å². The molecule has 0 bridgehead atoms. The molecule has 0 aliphatic heterocycles. The summed E-state index contributed by atoms with van der Waals surface area (Å²) in [6.07, 6.45) is 3.38. The van der Waals surface area contributed by atoms with Crippen LogP contribution in [-0.4, -0.2) is 36.8 Å². The summed E-state index contributed by atoms with van der Waals surface area (Å²) in [7, 11) is -3.65. The van der Waals surface area contributed by atoms with Gasteiger partial charge in [-0.2, -0.15) is 9.57 Å². The fourth-order valence-electron chi connectivity index (χ4n) is 2.05. The van der Waals surface area contributed by atoms with Crippen molar-refractivity contribution in [2.45, 2.75) is 37.3 Å². The van der Waals surface area contributed by atoms with Gasteiger partial charge in [-0.25, -0.2) is 13.4 Å². The van der Waals surface area contributed by atoms with Gasteiger partial charge in [0.05, 0.1) is 11.8 Å². The Morgan fingerprint density at radius 3 is 2.90 bits per heavy atom. The number of sulfonamides is 1. The average Bonchev–Trinajstić information content (AvgIpc) is 3.24. The van der Waals surface area contributed by atoms with Crippen molar-refractivity contribution in [2.75, 3.05) is 18.4 Å². The molecular weight excluding hydrogens is 276 g/mol. The molecule has 0 unspecified atom stereocenters. The van der Waals surface area contributed by atoms with E-state index in [0.29, 0.717) is 12.2 Å². The molecule has 0 spiro atoms. The molecule has 1 aromatic heterocycles. The van der Waals surface area contributed by atoms with Crippen LogP contribution in [0, 0.1) is 11.3 Å². The lowest BCUT2D eigenvalue weighted by Gasteiger charge is -2.21. The highest BCUT2D eigenvalue weighted by molar-refractivity contribution is 7.89. The molecule has 1 N–H and O–H groups in total. The van der Waals surface area contributed by atoms with Crippen LogP contribution in [-0.2, 0) is 10.0 Å². The molecule has 1 heterocycles. The highest BCUT2D eigenvalue weighted by Crippen LogP contribution is 2.33. The molecule has 0 saturated heterocycles. The smallest absolute Gasteiger partial charge is 0.262 e. The van der Waals surface area contributed by atoms with Crippen molar-refractivity contribution in [3.63, 3.8) is 0 Å². The molecule has 0 radical (unpaired) electrons. The zero-order valence-electron chi connectivity index (χ0n) is 11.4. The van der Waals surface area contributed by atoms with E-state index in [2.05, 4.69) is 10.3 Å². The van der Waals surface area contributed by atoms with Crippen LogP contribution >= 0.6 is 0 Å². The van der Waals surface area contributed by atoms with Crippen LogP contribution in [0.25, 0.3) is 0 Å². The van der Waals surface area contributed by atoms with E-state index in [-0.39, 0.29) is 24.0 Å². The van der Waals surface area contributed by atoms with Gasteiger partial charge in [-0.05, 0) is 31.9 Å². The maximum Gasteiger partial charge on any atom is 0.262 e. The zero-order chi connectivity index (χ0) is 14.6. The maximum absolute atomic E-state index is 12.7. The second kappa shape index (κ2) is 6.20. The largest absolute Gasteiger partial charge is 0.383 e. The number of pyridine rings is 1. The third-order valence-corrected chi connectivity index (χ3v) is 5.00. The number of anilines is 1. The predicted molar refractivity (Wildman–Crippen MR) is 75.5 cm³/mol. The van der Waals surface area contributed by atoms with E-state index in [1.807, 2.05) is 13.0 Å². The minimum absolute atomic E-state index is 0.0184. The molecule has 7 heteroatoms. The third kappa shape index (κ3) is 3.08. The second-order valence-corrected chi connectivity index (χ2v) is 6.45. The first kappa shape index (κ1) is 14.8. The molecule has 1 aliphatic rings. The molecule has 1 aromatic rings. The Hall–Kier alpha value is -1.65. The quantitative estimate of drug-likeness (QED) is 0.825. The third-order valence-electron chi connectivity index (χ3n) is 3.09. The molecule has 2 rings (SSSR count). The van der Waals surface area contributed by atoms with Gasteiger partial charge in [0.25, 0.3) is 10.0 Å². The Kier molecular flexibility index (Phi) is 4.57. The van der Waals surface area contributed by atoms with Crippen molar-refractivity contribution < 1.29 is 8.42 Å². The summed E-state index contributed by atoms with van der Waals surface area (Å²) in [6, 6.07) is 5.43. The van der Waals surface area contributed by atoms with Gasteiger partial charge in [0.15, 0.2) is 5.03 Å². The zero-order valence-corrected chi connectivity index (χ0v) is 12.2. The Morgan fingerprint density at radius 1 is 1.55 bits per heavy atom. The lowest BCUT2D eigenvalue weighted by molar-refractivity contribution is 0.409. The van der Waals surface area contributed by atoms with Crippen molar-refractivity contribution in [2.24, 2.45) is 0 Å². The van der Waals surface area contributed by atoms with Gasteiger partial charge in [-0.15, -0.1) is 0 Å². The summed E-state index contributed by atoms with van der Waals surface area (Å²) in [4.78, 5) is 4.03. The first-order valence-corrected chi connectivity index (χ1v) is 8.13. The summed E-state index contributed by atoms with van der Waals surface area (Å²) >= 11 is 0. The average molecular weight is 294 g/mol. The number of rotatable bonds is 7. The summed E-state index contributed by atoms with van der Waals surface area (Å²) in [5.41, 5.74) is 0.512. The van der Waals surface area contributed by atoms with Crippen molar-refractivity contribution in [1.82, 2.24) is 9.29 Å². The highest BCUT2D eigenvalue weighted by atomic mass is 32.2. The molecule has 0 amide bonds.